The summed E-state index contributed by atoms with van der Waals surface area (Å²) in [6, 6.07) is 0. The third kappa shape index (κ3) is 10.6. The normalized spacial score (nSPS) is 13.4. The van der Waals surface area contributed by atoms with Crippen molar-refractivity contribution in [1.82, 2.24) is 0 Å². The second-order valence-electron chi connectivity index (χ2n) is 4.26. The van der Waals surface area contributed by atoms with Crippen molar-refractivity contribution in [2.75, 3.05) is 19.4 Å². The van der Waals surface area contributed by atoms with Gasteiger partial charge in [0.25, 0.3) is 0 Å². The minimum Gasteiger partial charge on any atom is -0.381 e. The van der Waals surface area contributed by atoms with Crippen molar-refractivity contribution >= 4 is 9.24 Å². The van der Waals surface area contributed by atoms with Gasteiger partial charge in [0.15, 0.2) is 0 Å². The van der Waals surface area contributed by atoms with Crippen LogP contribution in [-0.4, -0.2) is 19.4 Å². The molecule has 1 nitrogen and oxygen atoms in total. The van der Waals surface area contributed by atoms with Crippen molar-refractivity contribution in [3.63, 3.8) is 0 Å². The molecule has 0 radical (unpaired) electrons. The molecule has 16 heavy (non-hydrogen) atoms. The Kier molecular flexibility index (Phi) is 13.3. The van der Waals surface area contributed by atoms with Crippen molar-refractivity contribution < 1.29 is 4.74 Å². The summed E-state index contributed by atoms with van der Waals surface area (Å²) in [6.45, 7) is 6.31. The van der Waals surface area contributed by atoms with E-state index in [1.807, 2.05) is 0 Å². The van der Waals surface area contributed by atoms with E-state index in [9.17, 15) is 0 Å². The molecule has 0 aliphatic heterocycles. The predicted molar refractivity (Wildman–Crippen MR) is 77.1 cm³/mol. The second-order valence-corrected chi connectivity index (χ2v) is 4.83. The fourth-order valence-corrected chi connectivity index (χ4v) is 1.92. The number of hydrogen-bond acceptors (Lipinski definition) is 1. The lowest BCUT2D eigenvalue weighted by Crippen LogP contribution is -2.03. The van der Waals surface area contributed by atoms with E-state index in [4.69, 9.17) is 4.74 Å². The maximum Gasteiger partial charge on any atom is 0.0471 e. The Morgan fingerprint density at radius 2 is 1.94 bits per heavy atom. The highest BCUT2D eigenvalue weighted by atomic mass is 31.0. The molecule has 0 aliphatic rings. The molecular weight excluding hydrogens is 215 g/mol. The summed E-state index contributed by atoms with van der Waals surface area (Å²) < 4.78 is 5.65. The molecule has 0 N–H and O–H groups in total. The van der Waals surface area contributed by atoms with E-state index in [1.165, 1.54) is 38.3 Å². The molecule has 0 heterocycles. The number of unbranched alkanes of at least 4 members (excludes halogenated alkanes) is 2. The van der Waals surface area contributed by atoms with Crippen LogP contribution < -0.4 is 0 Å². The molecular formula is C14H29OP. The monoisotopic (exact) mass is 244 g/mol. The summed E-state index contributed by atoms with van der Waals surface area (Å²) in [6.07, 6.45) is 13.2. The van der Waals surface area contributed by atoms with Crippen LogP contribution in [0.15, 0.2) is 12.2 Å². The molecule has 0 spiro atoms. The van der Waals surface area contributed by atoms with Crippen molar-refractivity contribution in [3.05, 3.63) is 12.2 Å². The minimum atomic E-state index is 0.715. The Labute approximate surface area is 104 Å². The zero-order valence-electron chi connectivity index (χ0n) is 11.1. The smallest absolute Gasteiger partial charge is 0.0471 e. The summed E-state index contributed by atoms with van der Waals surface area (Å²) >= 11 is 0. The van der Waals surface area contributed by atoms with Gasteiger partial charge in [-0.2, -0.15) is 0 Å². The Morgan fingerprint density at radius 3 is 2.56 bits per heavy atom. The molecule has 0 saturated heterocycles. The molecule has 0 saturated carbocycles. The fourth-order valence-electron chi connectivity index (χ4n) is 1.63. The third-order valence-electron chi connectivity index (χ3n) is 2.79. The van der Waals surface area contributed by atoms with Gasteiger partial charge in [0.05, 0.1) is 0 Å². The van der Waals surface area contributed by atoms with E-state index < -0.39 is 0 Å². The van der Waals surface area contributed by atoms with Crippen LogP contribution in [0.5, 0.6) is 0 Å². The first-order chi connectivity index (χ1) is 7.85. The average Bonchev–Trinajstić information content (AvgIpc) is 2.32. The van der Waals surface area contributed by atoms with Gasteiger partial charge in [0.2, 0.25) is 0 Å². The maximum atomic E-state index is 5.65. The van der Waals surface area contributed by atoms with Gasteiger partial charge in [-0.25, -0.2) is 0 Å². The summed E-state index contributed by atoms with van der Waals surface area (Å²) in [4.78, 5) is 0. The molecule has 0 amide bonds. The highest BCUT2D eigenvalue weighted by Gasteiger charge is 2.00. The Balaban J connectivity index is 3.30. The van der Waals surface area contributed by atoms with E-state index >= 15 is 0 Å². The third-order valence-corrected chi connectivity index (χ3v) is 3.20. The summed E-state index contributed by atoms with van der Waals surface area (Å²) in [5.74, 6) is 0.715. The van der Waals surface area contributed by atoms with Crippen LogP contribution in [0.25, 0.3) is 0 Å². The molecule has 0 aromatic carbocycles. The van der Waals surface area contributed by atoms with Crippen molar-refractivity contribution in [2.45, 2.75) is 52.4 Å². The molecule has 0 bridgehead atoms. The van der Waals surface area contributed by atoms with E-state index in [-0.39, 0.29) is 0 Å². The molecule has 0 aliphatic carbocycles. The van der Waals surface area contributed by atoms with E-state index in [0.717, 1.165) is 19.6 Å². The molecule has 0 aromatic rings. The number of rotatable bonds is 11. The van der Waals surface area contributed by atoms with Crippen LogP contribution in [0, 0.1) is 5.92 Å². The molecule has 0 rings (SSSR count). The van der Waals surface area contributed by atoms with Crippen molar-refractivity contribution in [1.29, 1.82) is 0 Å². The standard InChI is InChI=1S/C14H29OP/c1-3-5-9-14(4-2)10-12-15-11-7-6-8-13-16/h5,9,14H,3-4,6-8,10-13,16H2,1-2H3. The van der Waals surface area contributed by atoms with Crippen LogP contribution in [0.2, 0.25) is 0 Å². The number of allylic oxidation sites excluding steroid dienone is 2. The first-order valence-corrected chi connectivity index (χ1v) is 7.61. The Hall–Kier alpha value is 0.130. The van der Waals surface area contributed by atoms with E-state index in [2.05, 4.69) is 35.2 Å². The quantitative estimate of drug-likeness (QED) is 0.297. The molecule has 2 atom stereocenters. The highest BCUT2D eigenvalue weighted by molar-refractivity contribution is 7.16. The lowest BCUT2D eigenvalue weighted by Gasteiger charge is -2.10. The zero-order valence-corrected chi connectivity index (χ0v) is 12.2. The van der Waals surface area contributed by atoms with Gasteiger partial charge in [0, 0.05) is 13.2 Å². The summed E-state index contributed by atoms with van der Waals surface area (Å²) in [7, 11) is 2.77. The predicted octanol–water partition coefficient (Wildman–Crippen LogP) is 4.43. The SMILES string of the molecule is CCC=CC(CC)CCOCCCCCP. The molecule has 2 heteroatoms. The lowest BCUT2D eigenvalue weighted by atomic mass is 10.0. The first kappa shape index (κ1) is 16.1. The van der Waals surface area contributed by atoms with Crippen molar-refractivity contribution in [3.8, 4) is 0 Å². The van der Waals surface area contributed by atoms with Crippen LogP contribution in [0.4, 0.5) is 0 Å². The Morgan fingerprint density at radius 1 is 1.12 bits per heavy atom. The van der Waals surface area contributed by atoms with E-state index in [0.29, 0.717) is 5.92 Å². The van der Waals surface area contributed by atoms with Gasteiger partial charge in [-0.15, -0.1) is 9.24 Å². The molecule has 0 fully saturated rings. The van der Waals surface area contributed by atoms with Gasteiger partial charge < -0.3 is 4.74 Å². The van der Waals surface area contributed by atoms with Gasteiger partial charge in [-0.3, -0.25) is 0 Å². The van der Waals surface area contributed by atoms with Gasteiger partial charge >= 0.3 is 0 Å². The highest BCUT2D eigenvalue weighted by Crippen LogP contribution is 2.10. The second kappa shape index (κ2) is 13.2. The van der Waals surface area contributed by atoms with Gasteiger partial charge in [0.1, 0.15) is 0 Å². The van der Waals surface area contributed by atoms with Crippen LogP contribution in [0.1, 0.15) is 52.4 Å². The summed E-state index contributed by atoms with van der Waals surface area (Å²) in [5.41, 5.74) is 0. The van der Waals surface area contributed by atoms with Crippen molar-refractivity contribution in [2.24, 2.45) is 5.92 Å². The van der Waals surface area contributed by atoms with Crippen LogP contribution >= 0.6 is 9.24 Å². The zero-order chi connectivity index (χ0) is 12.1. The first-order valence-electron chi connectivity index (χ1n) is 6.79. The maximum absolute atomic E-state index is 5.65. The van der Waals surface area contributed by atoms with Gasteiger partial charge in [-0.05, 0) is 44.2 Å². The topological polar surface area (TPSA) is 9.23 Å². The fraction of sp³-hybridized carbons (Fsp3) is 0.857. The van der Waals surface area contributed by atoms with E-state index in [1.54, 1.807) is 0 Å². The number of ether oxygens (including phenoxy) is 1. The molecule has 96 valence electrons. The van der Waals surface area contributed by atoms with Crippen LogP contribution in [0.3, 0.4) is 0 Å². The average molecular weight is 244 g/mol. The van der Waals surface area contributed by atoms with Crippen LogP contribution in [-0.2, 0) is 4.74 Å². The van der Waals surface area contributed by atoms with Gasteiger partial charge in [-0.1, -0.05) is 32.4 Å². The lowest BCUT2D eigenvalue weighted by molar-refractivity contribution is 0.120. The minimum absolute atomic E-state index is 0.715. The number of hydrogen-bond donors (Lipinski definition) is 0. The molecule has 0 aromatic heterocycles. The Bertz CT molecular complexity index is 157. The molecule has 2 unspecified atom stereocenters. The largest absolute Gasteiger partial charge is 0.381 e. The summed E-state index contributed by atoms with van der Waals surface area (Å²) in [5, 5.41) is 0.